The monoisotopic (exact) mass is 684 g/mol. The number of aliphatic hydroxyl groups excluding tert-OH is 7. The largest absolute Gasteiger partial charge is 0.394 e. The molecule has 10 unspecified atom stereocenters. The van der Waals surface area contributed by atoms with Crippen molar-refractivity contribution < 1.29 is 69.0 Å². The summed E-state index contributed by atoms with van der Waals surface area (Å²) < 4.78 is 35.1. The molecule has 274 valence electrons. The zero-order valence-corrected chi connectivity index (χ0v) is 26.3. The van der Waals surface area contributed by atoms with E-state index < -0.39 is 123 Å². The third-order valence-electron chi connectivity index (χ3n) is 9.14. The molecule has 47 heavy (non-hydrogen) atoms. The van der Waals surface area contributed by atoms with E-state index in [0.717, 1.165) is 0 Å². The second kappa shape index (κ2) is 16.2. The van der Waals surface area contributed by atoms with E-state index in [2.05, 4.69) is 5.32 Å². The van der Waals surface area contributed by atoms with Gasteiger partial charge in [0.2, 0.25) is 5.91 Å². The smallest absolute Gasteiger partial charge is 0.222 e. The molecule has 0 radical (unpaired) electrons. The molecule has 3 heterocycles. The van der Waals surface area contributed by atoms with E-state index in [1.54, 1.807) is 13.8 Å². The van der Waals surface area contributed by atoms with Crippen LogP contribution in [0.15, 0.2) is 0 Å². The molecule has 1 saturated carbocycles. The molecule has 0 aromatic heterocycles. The zero-order valence-electron chi connectivity index (χ0n) is 26.3. The first-order chi connectivity index (χ1) is 22.1. The van der Waals surface area contributed by atoms with Crippen LogP contribution in [0, 0.1) is 5.92 Å². The Kier molecular flexibility index (Phi) is 13.3. The number of hydrogen-bond donors (Lipinski definition) is 13. The van der Waals surface area contributed by atoms with Crippen molar-refractivity contribution in [2.45, 2.75) is 137 Å². The van der Waals surface area contributed by atoms with Crippen LogP contribution in [0.4, 0.5) is 0 Å². The van der Waals surface area contributed by atoms with Gasteiger partial charge in [0.15, 0.2) is 18.9 Å². The molecule has 0 bridgehead atoms. The molecule has 3 saturated heterocycles. The van der Waals surface area contributed by atoms with Crippen molar-refractivity contribution in [1.82, 2.24) is 5.32 Å². The second-order valence-corrected chi connectivity index (χ2v) is 12.9. The molecule has 4 rings (SSSR count). The number of nitrogens with two attached hydrogens (primary N) is 5. The molecule has 4 aliphatic rings. The fraction of sp³-hybridized carbons (Fsp3) is 0.963. The van der Waals surface area contributed by atoms with Crippen molar-refractivity contribution >= 4 is 5.91 Å². The fourth-order valence-corrected chi connectivity index (χ4v) is 6.12. The molecule has 0 aromatic rings. The second-order valence-electron chi connectivity index (χ2n) is 12.9. The highest BCUT2D eigenvalue weighted by molar-refractivity contribution is 5.77. The lowest BCUT2D eigenvalue weighted by Gasteiger charge is -2.47. The standard InChI is InChI=1S/C27H52N6O14/c1-7(2)24(41)33-5-11-17(37)19(39)14(32)26(43-11)46-22-12(6-34)44-27(20(22)40)47-23-15(35)8(29)3-9(30)21(23)45-25-13(31)18(38)16(36)10(4-28)42-25/h7-23,25-27,34-40H,3-6,28-32H2,1-2H3,(H,33,41)/t8-,9?,10?,11?,12-,13?,14+,15?,16-,17-,18?,19?,20?,21-,22?,23?,25-,26-,27+/m1/s1. The number of rotatable bonds is 11. The Bertz CT molecular complexity index is 1020. The fourth-order valence-electron chi connectivity index (χ4n) is 6.12. The zero-order chi connectivity index (χ0) is 34.9. The van der Waals surface area contributed by atoms with E-state index >= 15 is 0 Å². The molecular formula is C27H52N6O14. The van der Waals surface area contributed by atoms with Crippen LogP contribution in [0.5, 0.6) is 0 Å². The predicted molar refractivity (Wildman–Crippen MR) is 157 cm³/mol. The Morgan fingerprint density at radius 1 is 0.702 bits per heavy atom. The SMILES string of the molecule is CC(C)C(=O)NCC1O[C@H](OC2C(O)[C@H](OC3C(O)[C@H](N)CC(N)[C@H]3O[C@H]3OC(CN)[C@@H](O)C(O)C3N)O[C@@H]2CO)[C@@H](N)C(O)[C@@H]1O. The minimum absolute atomic E-state index is 0.0715. The Morgan fingerprint density at radius 2 is 1.21 bits per heavy atom. The lowest BCUT2D eigenvalue weighted by molar-refractivity contribution is -0.306. The van der Waals surface area contributed by atoms with Gasteiger partial charge in [-0.2, -0.15) is 0 Å². The number of nitrogens with one attached hydrogen (secondary N) is 1. The van der Waals surface area contributed by atoms with Crippen molar-refractivity contribution in [2.24, 2.45) is 34.6 Å². The Morgan fingerprint density at radius 3 is 1.77 bits per heavy atom. The summed E-state index contributed by atoms with van der Waals surface area (Å²) in [5, 5.41) is 76.7. The van der Waals surface area contributed by atoms with Crippen molar-refractivity contribution in [1.29, 1.82) is 0 Å². The van der Waals surface area contributed by atoms with Gasteiger partial charge in [-0.25, -0.2) is 0 Å². The first-order valence-electron chi connectivity index (χ1n) is 15.7. The van der Waals surface area contributed by atoms with E-state index in [-0.39, 0.29) is 31.3 Å². The lowest BCUT2D eigenvalue weighted by Crippen LogP contribution is -2.68. The summed E-state index contributed by atoms with van der Waals surface area (Å²) in [6.45, 7) is 2.32. The average molecular weight is 685 g/mol. The first kappa shape index (κ1) is 38.6. The number of ether oxygens (including phenoxy) is 6. The Labute approximate surface area is 271 Å². The van der Waals surface area contributed by atoms with Gasteiger partial charge in [-0.15, -0.1) is 0 Å². The number of aliphatic hydroxyl groups is 7. The molecule has 20 nitrogen and oxygen atoms in total. The molecular weight excluding hydrogens is 632 g/mol. The third-order valence-corrected chi connectivity index (χ3v) is 9.14. The van der Waals surface area contributed by atoms with Crippen LogP contribution in [0.3, 0.4) is 0 Å². The number of hydrogen-bond acceptors (Lipinski definition) is 19. The molecule has 18 N–H and O–H groups in total. The minimum atomic E-state index is -1.65. The predicted octanol–water partition coefficient (Wildman–Crippen LogP) is -8.08. The summed E-state index contributed by atoms with van der Waals surface area (Å²) in [5.74, 6) is -0.673. The molecule has 0 aromatic carbocycles. The van der Waals surface area contributed by atoms with Gasteiger partial charge < -0.3 is 98.2 Å². The molecule has 3 aliphatic heterocycles. The molecule has 1 amide bonds. The molecule has 0 spiro atoms. The van der Waals surface area contributed by atoms with Gasteiger partial charge in [0.05, 0.1) is 24.8 Å². The molecule has 4 fully saturated rings. The van der Waals surface area contributed by atoms with E-state index in [9.17, 15) is 40.5 Å². The minimum Gasteiger partial charge on any atom is -0.394 e. The van der Waals surface area contributed by atoms with Crippen LogP contribution in [0.2, 0.25) is 0 Å². The third kappa shape index (κ3) is 8.22. The van der Waals surface area contributed by atoms with Crippen LogP contribution in [-0.4, -0.2) is 178 Å². The van der Waals surface area contributed by atoms with Crippen molar-refractivity contribution in [3.05, 3.63) is 0 Å². The van der Waals surface area contributed by atoms with E-state index in [1.165, 1.54) is 0 Å². The first-order valence-corrected chi connectivity index (χ1v) is 15.7. The van der Waals surface area contributed by atoms with Gasteiger partial charge in [0.1, 0.15) is 67.1 Å². The Balaban J connectivity index is 1.48. The lowest BCUT2D eigenvalue weighted by atomic mass is 9.84. The maximum Gasteiger partial charge on any atom is 0.222 e. The number of amides is 1. The van der Waals surface area contributed by atoms with Crippen LogP contribution in [0.1, 0.15) is 20.3 Å². The van der Waals surface area contributed by atoms with Crippen LogP contribution < -0.4 is 34.0 Å². The van der Waals surface area contributed by atoms with Gasteiger partial charge >= 0.3 is 0 Å². The maximum atomic E-state index is 12.1. The van der Waals surface area contributed by atoms with Crippen molar-refractivity contribution in [3.63, 3.8) is 0 Å². The van der Waals surface area contributed by atoms with Gasteiger partial charge in [0, 0.05) is 31.1 Å². The van der Waals surface area contributed by atoms with Crippen LogP contribution in [0.25, 0.3) is 0 Å². The van der Waals surface area contributed by atoms with Gasteiger partial charge in [0.25, 0.3) is 0 Å². The van der Waals surface area contributed by atoms with Crippen molar-refractivity contribution in [2.75, 3.05) is 19.7 Å². The highest BCUT2D eigenvalue weighted by Crippen LogP contribution is 2.34. The highest BCUT2D eigenvalue weighted by Gasteiger charge is 2.54. The summed E-state index contributed by atoms with van der Waals surface area (Å²) in [4.78, 5) is 12.1. The summed E-state index contributed by atoms with van der Waals surface area (Å²) in [6.07, 6.45) is -20.5. The van der Waals surface area contributed by atoms with Gasteiger partial charge in [-0.3, -0.25) is 4.79 Å². The quantitative estimate of drug-likeness (QED) is 0.0960. The van der Waals surface area contributed by atoms with Crippen LogP contribution in [-0.2, 0) is 33.2 Å². The summed E-state index contributed by atoms with van der Waals surface area (Å²) in [5.41, 5.74) is 30.2. The Hall–Kier alpha value is -1.25. The van der Waals surface area contributed by atoms with Crippen molar-refractivity contribution in [3.8, 4) is 0 Å². The molecule has 1 aliphatic carbocycles. The normalized spacial score (nSPS) is 49.3. The molecule has 20 heteroatoms. The number of carbonyl (C=O) groups excluding carboxylic acids is 1. The van der Waals surface area contributed by atoms with Crippen LogP contribution >= 0.6 is 0 Å². The highest BCUT2D eigenvalue weighted by atomic mass is 16.8. The summed E-state index contributed by atoms with van der Waals surface area (Å²) in [7, 11) is 0. The maximum absolute atomic E-state index is 12.1. The van der Waals surface area contributed by atoms with E-state index in [0.29, 0.717) is 0 Å². The average Bonchev–Trinajstić information content (AvgIpc) is 3.33. The summed E-state index contributed by atoms with van der Waals surface area (Å²) in [6, 6.07) is -4.32. The van der Waals surface area contributed by atoms with E-state index in [4.69, 9.17) is 57.1 Å². The van der Waals surface area contributed by atoms with Gasteiger partial charge in [-0.1, -0.05) is 13.8 Å². The summed E-state index contributed by atoms with van der Waals surface area (Å²) >= 11 is 0. The molecule has 19 atom stereocenters. The topological polar surface area (TPSA) is 356 Å². The number of carbonyl (C=O) groups is 1. The van der Waals surface area contributed by atoms with E-state index in [1.807, 2.05) is 0 Å². The van der Waals surface area contributed by atoms with Gasteiger partial charge in [-0.05, 0) is 6.42 Å².